The molecule has 2 N–H and O–H groups in total. The molecule has 3 fully saturated rings. The number of amides is 1. The Labute approximate surface area is 138 Å². The zero-order chi connectivity index (χ0) is 16.8. The second kappa shape index (κ2) is 6.08. The second-order valence-corrected chi connectivity index (χ2v) is 8.56. The molecule has 130 valence electrons. The first-order chi connectivity index (χ1) is 10.8. The molecular weight excluding hydrogens is 294 g/mol. The number of hydrogen-bond donors (Lipinski definition) is 2. The van der Waals surface area contributed by atoms with Gasteiger partial charge in [0, 0.05) is 18.4 Å². The van der Waals surface area contributed by atoms with Gasteiger partial charge in [0.1, 0.15) is 5.60 Å². The molecule has 3 aliphatic carbocycles. The molecular formula is C18H29NO4. The fraction of sp³-hybridized carbons (Fsp3) is 0.889. The zero-order valence-electron chi connectivity index (χ0n) is 14.4. The molecule has 1 amide bonds. The third kappa shape index (κ3) is 3.70. The van der Waals surface area contributed by atoms with E-state index in [4.69, 9.17) is 4.74 Å². The summed E-state index contributed by atoms with van der Waals surface area (Å²) in [4.78, 5) is 24.3. The Morgan fingerprint density at radius 3 is 2.43 bits per heavy atom. The predicted octanol–water partition coefficient (Wildman–Crippen LogP) is 1.88. The van der Waals surface area contributed by atoms with Gasteiger partial charge in [0.2, 0.25) is 5.91 Å². The molecule has 5 heteroatoms. The number of rotatable bonds is 4. The van der Waals surface area contributed by atoms with Crippen LogP contribution in [0.3, 0.4) is 0 Å². The molecule has 0 radical (unpaired) electrons. The lowest BCUT2D eigenvalue weighted by Crippen LogP contribution is -2.34. The maximum Gasteiger partial charge on any atom is 0.309 e. The smallest absolute Gasteiger partial charge is 0.309 e. The van der Waals surface area contributed by atoms with E-state index in [1.807, 2.05) is 20.8 Å². The first-order valence-electron chi connectivity index (χ1n) is 8.95. The monoisotopic (exact) mass is 323 g/mol. The Kier molecular flexibility index (Phi) is 4.43. The van der Waals surface area contributed by atoms with Crippen molar-refractivity contribution in [2.75, 3.05) is 6.54 Å². The largest absolute Gasteiger partial charge is 0.460 e. The van der Waals surface area contributed by atoms with E-state index in [0.29, 0.717) is 31.2 Å². The summed E-state index contributed by atoms with van der Waals surface area (Å²) >= 11 is 0. The summed E-state index contributed by atoms with van der Waals surface area (Å²) in [6.07, 6.45) is 4.13. The van der Waals surface area contributed by atoms with Crippen LogP contribution in [0.15, 0.2) is 0 Å². The van der Waals surface area contributed by atoms with Crippen LogP contribution in [0.25, 0.3) is 0 Å². The van der Waals surface area contributed by atoms with Crippen molar-refractivity contribution >= 4 is 11.9 Å². The topological polar surface area (TPSA) is 75.6 Å². The number of nitrogens with one attached hydrogen (secondary N) is 1. The van der Waals surface area contributed by atoms with Crippen LogP contribution in [0.2, 0.25) is 0 Å². The lowest BCUT2D eigenvalue weighted by atomic mass is 10.0. The maximum absolute atomic E-state index is 12.2. The number of fused-ring (bicyclic) bond motifs is 1. The van der Waals surface area contributed by atoms with Crippen LogP contribution in [0.5, 0.6) is 0 Å². The van der Waals surface area contributed by atoms with Gasteiger partial charge in [0.25, 0.3) is 0 Å². The number of hydrogen-bond acceptors (Lipinski definition) is 4. The van der Waals surface area contributed by atoms with Gasteiger partial charge in [-0.05, 0) is 58.3 Å². The highest BCUT2D eigenvalue weighted by atomic mass is 16.6. The van der Waals surface area contributed by atoms with Crippen molar-refractivity contribution in [1.82, 2.24) is 5.32 Å². The van der Waals surface area contributed by atoms with Gasteiger partial charge in [-0.25, -0.2) is 0 Å². The van der Waals surface area contributed by atoms with E-state index in [-0.39, 0.29) is 29.6 Å². The molecule has 0 bridgehead atoms. The lowest BCUT2D eigenvalue weighted by Gasteiger charge is -2.22. The molecule has 0 spiro atoms. The molecule has 0 aromatic rings. The van der Waals surface area contributed by atoms with Crippen molar-refractivity contribution in [3.05, 3.63) is 0 Å². The third-order valence-electron chi connectivity index (χ3n) is 5.65. The SMILES string of the molecule is CC(C)(C)OC(=O)C1CC(O)C(CNC(=O)C2C3CCCC32)C1. The van der Waals surface area contributed by atoms with Crippen LogP contribution < -0.4 is 5.32 Å². The number of ether oxygens (including phenoxy) is 1. The van der Waals surface area contributed by atoms with Crippen LogP contribution >= 0.6 is 0 Å². The molecule has 23 heavy (non-hydrogen) atoms. The van der Waals surface area contributed by atoms with Crippen LogP contribution in [0.1, 0.15) is 52.9 Å². The fourth-order valence-corrected chi connectivity index (χ4v) is 4.46. The lowest BCUT2D eigenvalue weighted by molar-refractivity contribution is -0.160. The van der Waals surface area contributed by atoms with Gasteiger partial charge < -0.3 is 15.2 Å². The Bertz CT molecular complexity index is 474. The van der Waals surface area contributed by atoms with Crippen molar-refractivity contribution in [3.8, 4) is 0 Å². The predicted molar refractivity (Wildman–Crippen MR) is 85.4 cm³/mol. The first kappa shape index (κ1) is 16.7. The van der Waals surface area contributed by atoms with Crippen molar-refractivity contribution in [3.63, 3.8) is 0 Å². The standard InChI is InChI=1S/C18H29NO4/c1-18(2,3)23-17(22)10-7-11(14(20)8-10)9-19-16(21)15-12-5-4-6-13(12)15/h10-15,20H,4-9H2,1-3H3,(H,19,21). The number of aliphatic hydroxyl groups is 1. The van der Waals surface area contributed by atoms with E-state index in [1.165, 1.54) is 19.3 Å². The number of aliphatic hydroxyl groups excluding tert-OH is 1. The average molecular weight is 323 g/mol. The second-order valence-electron chi connectivity index (χ2n) is 8.56. The number of carbonyl (C=O) groups excluding carboxylic acids is 2. The summed E-state index contributed by atoms with van der Waals surface area (Å²) in [5.41, 5.74) is -0.502. The molecule has 3 saturated carbocycles. The molecule has 0 aliphatic heterocycles. The van der Waals surface area contributed by atoms with E-state index in [2.05, 4.69) is 5.32 Å². The van der Waals surface area contributed by atoms with Gasteiger partial charge in [0.05, 0.1) is 12.0 Å². The van der Waals surface area contributed by atoms with Gasteiger partial charge in [-0.3, -0.25) is 9.59 Å². The van der Waals surface area contributed by atoms with Gasteiger partial charge >= 0.3 is 5.97 Å². The summed E-state index contributed by atoms with van der Waals surface area (Å²) in [5, 5.41) is 13.2. The number of esters is 1. The summed E-state index contributed by atoms with van der Waals surface area (Å²) in [6, 6.07) is 0. The first-order valence-corrected chi connectivity index (χ1v) is 8.95. The van der Waals surface area contributed by atoms with Gasteiger partial charge in [-0.1, -0.05) is 6.42 Å². The van der Waals surface area contributed by atoms with Gasteiger partial charge in [-0.15, -0.1) is 0 Å². The molecule has 0 aromatic carbocycles. The molecule has 3 rings (SSSR count). The highest BCUT2D eigenvalue weighted by molar-refractivity contribution is 5.82. The summed E-state index contributed by atoms with van der Waals surface area (Å²) in [7, 11) is 0. The Hall–Kier alpha value is -1.10. The van der Waals surface area contributed by atoms with E-state index in [9.17, 15) is 14.7 Å². The molecule has 0 saturated heterocycles. The highest BCUT2D eigenvalue weighted by Gasteiger charge is 2.56. The molecule has 0 aromatic heterocycles. The van der Waals surface area contributed by atoms with Crippen LogP contribution in [-0.2, 0) is 14.3 Å². The molecule has 5 unspecified atom stereocenters. The minimum Gasteiger partial charge on any atom is -0.460 e. The van der Waals surface area contributed by atoms with Gasteiger partial charge in [-0.2, -0.15) is 0 Å². The summed E-state index contributed by atoms with van der Waals surface area (Å²) in [5.74, 6) is 1.04. The van der Waals surface area contributed by atoms with E-state index in [0.717, 1.165) is 0 Å². The van der Waals surface area contributed by atoms with Crippen molar-refractivity contribution in [2.45, 2.75) is 64.6 Å². The Morgan fingerprint density at radius 2 is 1.83 bits per heavy atom. The van der Waals surface area contributed by atoms with Crippen LogP contribution in [-0.4, -0.2) is 35.2 Å². The normalized spacial score (nSPS) is 39.0. The van der Waals surface area contributed by atoms with Crippen LogP contribution in [0, 0.1) is 29.6 Å². The van der Waals surface area contributed by atoms with Gasteiger partial charge in [0.15, 0.2) is 0 Å². The Balaban J connectivity index is 1.44. The quantitative estimate of drug-likeness (QED) is 0.775. The molecule has 5 nitrogen and oxygen atoms in total. The third-order valence-corrected chi connectivity index (χ3v) is 5.65. The van der Waals surface area contributed by atoms with Crippen LogP contribution in [0.4, 0.5) is 0 Å². The van der Waals surface area contributed by atoms with E-state index >= 15 is 0 Å². The van der Waals surface area contributed by atoms with Crippen molar-refractivity contribution in [2.24, 2.45) is 29.6 Å². The minimum atomic E-state index is -0.536. The Morgan fingerprint density at radius 1 is 1.17 bits per heavy atom. The van der Waals surface area contributed by atoms with Crippen molar-refractivity contribution < 1.29 is 19.4 Å². The molecule has 3 aliphatic rings. The average Bonchev–Trinajstić information content (AvgIpc) is 2.80. The fourth-order valence-electron chi connectivity index (χ4n) is 4.46. The summed E-state index contributed by atoms with van der Waals surface area (Å²) < 4.78 is 5.41. The summed E-state index contributed by atoms with van der Waals surface area (Å²) in [6.45, 7) is 6.01. The highest BCUT2D eigenvalue weighted by Crippen LogP contribution is 2.57. The van der Waals surface area contributed by atoms with Crippen molar-refractivity contribution in [1.29, 1.82) is 0 Å². The minimum absolute atomic E-state index is 0.0462. The number of carbonyl (C=O) groups is 2. The molecule has 0 heterocycles. The molecule has 5 atom stereocenters. The zero-order valence-corrected chi connectivity index (χ0v) is 14.4. The van der Waals surface area contributed by atoms with E-state index < -0.39 is 11.7 Å². The maximum atomic E-state index is 12.2. The van der Waals surface area contributed by atoms with E-state index in [1.54, 1.807) is 0 Å².